The molecule has 0 aliphatic heterocycles. The molecule has 2 aromatic rings. The first-order valence-corrected chi connectivity index (χ1v) is 5.73. The van der Waals surface area contributed by atoms with Crippen LogP contribution in [0, 0.1) is 5.82 Å². The van der Waals surface area contributed by atoms with E-state index in [4.69, 9.17) is 28.3 Å². The number of hydrogen-bond acceptors (Lipinski definition) is 1. The van der Waals surface area contributed by atoms with Crippen molar-refractivity contribution in [2.45, 2.75) is 0 Å². The number of carbonyl (C=O) groups is 1. The molecule has 5 heteroatoms. The molecule has 2 rings (SSSR count). The van der Waals surface area contributed by atoms with Gasteiger partial charge in [-0.15, -0.1) is 0 Å². The maximum atomic E-state index is 13.8. The van der Waals surface area contributed by atoms with Gasteiger partial charge in [0.2, 0.25) is 0 Å². The number of halogens is 3. The summed E-state index contributed by atoms with van der Waals surface area (Å²) < 4.78 is 13.8. The molecule has 0 amide bonds. The van der Waals surface area contributed by atoms with Crippen LogP contribution in [-0.4, -0.2) is 11.1 Å². The zero-order valence-electron chi connectivity index (χ0n) is 8.95. The van der Waals surface area contributed by atoms with E-state index in [2.05, 4.69) is 0 Å². The number of hydrogen-bond donors (Lipinski definition) is 1. The highest BCUT2D eigenvalue weighted by atomic mass is 35.5. The van der Waals surface area contributed by atoms with Crippen molar-refractivity contribution in [1.29, 1.82) is 0 Å². The minimum Gasteiger partial charge on any atom is -0.478 e. The fourth-order valence-corrected chi connectivity index (χ4v) is 1.84. The lowest BCUT2D eigenvalue weighted by Crippen LogP contribution is -1.97. The largest absolute Gasteiger partial charge is 0.478 e. The van der Waals surface area contributed by atoms with Crippen LogP contribution in [0.2, 0.25) is 10.0 Å². The van der Waals surface area contributed by atoms with Gasteiger partial charge in [-0.3, -0.25) is 0 Å². The standard InChI is InChI=1S/C13H7Cl2FO2/c14-10-4-2-7(5-11(10)15)9-3-1-8(13(17)18)6-12(9)16/h1-6H,(H,17,18). The molecule has 92 valence electrons. The number of aromatic carboxylic acids is 1. The van der Waals surface area contributed by atoms with Gasteiger partial charge in [-0.05, 0) is 29.8 Å². The summed E-state index contributed by atoms with van der Waals surface area (Å²) in [6, 6.07) is 8.42. The topological polar surface area (TPSA) is 37.3 Å². The van der Waals surface area contributed by atoms with E-state index in [0.717, 1.165) is 6.07 Å². The predicted molar refractivity (Wildman–Crippen MR) is 68.8 cm³/mol. The second kappa shape index (κ2) is 4.96. The quantitative estimate of drug-likeness (QED) is 0.882. The Morgan fingerprint density at radius 2 is 1.78 bits per heavy atom. The molecule has 0 fully saturated rings. The molecular formula is C13H7Cl2FO2. The van der Waals surface area contributed by atoms with Crippen LogP contribution < -0.4 is 0 Å². The molecule has 2 nitrogen and oxygen atoms in total. The van der Waals surface area contributed by atoms with Crippen LogP contribution in [0.1, 0.15) is 10.4 Å². The predicted octanol–water partition coefficient (Wildman–Crippen LogP) is 4.50. The molecule has 0 unspecified atom stereocenters. The highest BCUT2D eigenvalue weighted by Crippen LogP contribution is 2.30. The van der Waals surface area contributed by atoms with E-state index in [1.54, 1.807) is 12.1 Å². The van der Waals surface area contributed by atoms with Gasteiger partial charge in [-0.25, -0.2) is 9.18 Å². The minimum absolute atomic E-state index is 0.101. The summed E-state index contributed by atoms with van der Waals surface area (Å²) in [6.45, 7) is 0. The van der Waals surface area contributed by atoms with Gasteiger partial charge in [0.25, 0.3) is 0 Å². The van der Waals surface area contributed by atoms with Crippen molar-refractivity contribution >= 4 is 29.2 Å². The second-order valence-corrected chi connectivity index (χ2v) is 4.44. The van der Waals surface area contributed by atoms with E-state index < -0.39 is 11.8 Å². The number of rotatable bonds is 2. The maximum Gasteiger partial charge on any atom is 0.335 e. The molecule has 0 radical (unpaired) electrons. The zero-order valence-corrected chi connectivity index (χ0v) is 10.5. The van der Waals surface area contributed by atoms with Gasteiger partial charge in [0.1, 0.15) is 5.82 Å². The average Bonchev–Trinajstić information content (AvgIpc) is 2.32. The summed E-state index contributed by atoms with van der Waals surface area (Å²) in [5, 5.41) is 9.44. The monoisotopic (exact) mass is 284 g/mol. The van der Waals surface area contributed by atoms with E-state index in [1.807, 2.05) is 0 Å². The minimum atomic E-state index is -1.17. The van der Waals surface area contributed by atoms with Crippen LogP contribution in [0.4, 0.5) is 4.39 Å². The first-order valence-electron chi connectivity index (χ1n) is 4.97. The van der Waals surface area contributed by atoms with E-state index in [9.17, 15) is 9.18 Å². The highest BCUT2D eigenvalue weighted by Gasteiger charge is 2.10. The van der Waals surface area contributed by atoms with E-state index in [0.29, 0.717) is 15.6 Å². The maximum absolute atomic E-state index is 13.8. The van der Waals surface area contributed by atoms with Gasteiger partial charge in [-0.2, -0.15) is 0 Å². The zero-order chi connectivity index (χ0) is 13.3. The summed E-state index contributed by atoms with van der Waals surface area (Å²) in [6.07, 6.45) is 0. The summed E-state index contributed by atoms with van der Waals surface area (Å²) in [7, 11) is 0. The molecule has 0 aromatic heterocycles. The smallest absolute Gasteiger partial charge is 0.335 e. The Hall–Kier alpha value is -1.58. The van der Waals surface area contributed by atoms with Gasteiger partial charge in [-0.1, -0.05) is 35.3 Å². The summed E-state index contributed by atoms with van der Waals surface area (Å²) in [5.74, 6) is -1.79. The van der Waals surface area contributed by atoms with Crippen LogP contribution in [-0.2, 0) is 0 Å². The summed E-state index contributed by atoms with van der Waals surface area (Å²) >= 11 is 11.6. The van der Waals surface area contributed by atoms with Gasteiger partial charge >= 0.3 is 5.97 Å². The van der Waals surface area contributed by atoms with Crippen molar-refractivity contribution in [3.63, 3.8) is 0 Å². The Morgan fingerprint density at radius 1 is 1.06 bits per heavy atom. The molecule has 0 bridgehead atoms. The molecule has 0 aliphatic carbocycles. The van der Waals surface area contributed by atoms with Gasteiger partial charge in [0, 0.05) is 5.56 Å². The third kappa shape index (κ3) is 2.47. The highest BCUT2D eigenvalue weighted by molar-refractivity contribution is 6.42. The number of carboxylic acids is 1. The SMILES string of the molecule is O=C(O)c1ccc(-c2ccc(Cl)c(Cl)c2)c(F)c1. The fourth-order valence-electron chi connectivity index (χ4n) is 1.55. The van der Waals surface area contributed by atoms with Crippen LogP contribution in [0.3, 0.4) is 0 Å². The third-order valence-corrected chi connectivity index (χ3v) is 3.19. The third-order valence-electron chi connectivity index (χ3n) is 2.45. The van der Waals surface area contributed by atoms with Crippen molar-refractivity contribution in [3.05, 3.63) is 57.8 Å². The lowest BCUT2D eigenvalue weighted by atomic mass is 10.0. The van der Waals surface area contributed by atoms with E-state index in [-0.39, 0.29) is 11.1 Å². The summed E-state index contributed by atoms with van der Waals surface area (Å²) in [4.78, 5) is 10.7. The van der Waals surface area contributed by atoms with Gasteiger partial charge in [0.05, 0.1) is 15.6 Å². The molecule has 0 aliphatic rings. The molecule has 0 saturated carbocycles. The Balaban J connectivity index is 2.51. The molecule has 0 atom stereocenters. The molecule has 0 saturated heterocycles. The number of benzene rings is 2. The molecule has 2 aromatic carbocycles. The Morgan fingerprint density at radius 3 is 2.33 bits per heavy atom. The Kier molecular flexibility index (Phi) is 3.55. The van der Waals surface area contributed by atoms with Gasteiger partial charge in [0.15, 0.2) is 0 Å². The van der Waals surface area contributed by atoms with Crippen LogP contribution in [0.25, 0.3) is 11.1 Å². The molecule has 0 heterocycles. The fraction of sp³-hybridized carbons (Fsp3) is 0. The molecular weight excluding hydrogens is 278 g/mol. The molecule has 0 spiro atoms. The van der Waals surface area contributed by atoms with Crippen molar-refractivity contribution in [3.8, 4) is 11.1 Å². The Bertz CT molecular complexity index is 626. The first kappa shape index (κ1) is 12.9. The Labute approximate surface area is 113 Å². The number of carboxylic acid groups (broad SMARTS) is 1. The van der Waals surface area contributed by atoms with E-state index >= 15 is 0 Å². The molecule has 18 heavy (non-hydrogen) atoms. The van der Waals surface area contributed by atoms with Crippen molar-refractivity contribution < 1.29 is 14.3 Å². The van der Waals surface area contributed by atoms with Gasteiger partial charge < -0.3 is 5.11 Å². The average molecular weight is 285 g/mol. The van der Waals surface area contributed by atoms with Crippen molar-refractivity contribution in [1.82, 2.24) is 0 Å². The lowest BCUT2D eigenvalue weighted by Gasteiger charge is -2.06. The van der Waals surface area contributed by atoms with Crippen LogP contribution in [0.5, 0.6) is 0 Å². The van der Waals surface area contributed by atoms with Crippen molar-refractivity contribution in [2.75, 3.05) is 0 Å². The second-order valence-electron chi connectivity index (χ2n) is 3.63. The normalized spacial score (nSPS) is 10.4. The van der Waals surface area contributed by atoms with E-state index in [1.165, 1.54) is 18.2 Å². The summed E-state index contributed by atoms with van der Waals surface area (Å²) in [5.41, 5.74) is 0.716. The van der Waals surface area contributed by atoms with Crippen LogP contribution >= 0.6 is 23.2 Å². The lowest BCUT2D eigenvalue weighted by molar-refractivity contribution is 0.0696. The molecule has 1 N–H and O–H groups in total. The van der Waals surface area contributed by atoms with Crippen molar-refractivity contribution in [2.24, 2.45) is 0 Å². The first-order chi connectivity index (χ1) is 8.49. The van der Waals surface area contributed by atoms with Crippen LogP contribution in [0.15, 0.2) is 36.4 Å².